The average molecular weight is 583 g/mol. The summed E-state index contributed by atoms with van der Waals surface area (Å²) in [5, 5.41) is 10.3. The molecule has 218 valence electrons. The van der Waals surface area contributed by atoms with Gasteiger partial charge in [0.25, 0.3) is 5.97 Å². The number of amides is 3. The predicted octanol–water partition coefficient (Wildman–Crippen LogP) is 2.81. The van der Waals surface area contributed by atoms with E-state index in [1.54, 1.807) is 9.80 Å². The van der Waals surface area contributed by atoms with Gasteiger partial charge in [-0.15, -0.1) is 0 Å². The maximum absolute atomic E-state index is 13.6. The molecule has 1 unspecified atom stereocenters. The first kappa shape index (κ1) is 34.5. The number of hydrogen-bond donors (Lipinski definition) is 2. The van der Waals surface area contributed by atoms with Gasteiger partial charge in [-0.3, -0.25) is 19.2 Å². The van der Waals surface area contributed by atoms with E-state index in [0.717, 1.165) is 37.3 Å². The van der Waals surface area contributed by atoms with Crippen LogP contribution in [0.5, 0.6) is 0 Å². The van der Waals surface area contributed by atoms with E-state index in [4.69, 9.17) is 9.90 Å². The van der Waals surface area contributed by atoms with Crippen LogP contribution in [-0.2, 0) is 25.6 Å². The normalized spacial score (nSPS) is 14.5. The average Bonchev–Trinajstić information content (AvgIpc) is 2.83. The SMILES string of the molecule is CC(=O)O.CC(=O)SCCN(CCc1ccccc1)C(=O)NC(C(=O)N1CCN(C)CC1)C(C)(C)SC(C)=O. The Morgan fingerprint density at radius 2 is 1.54 bits per heavy atom. The predicted molar refractivity (Wildman–Crippen MR) is 157 cm³/mol. The third-order valence-corrected chi connectivity index (χ3v) is 7.74. The van der Waals surface area contributed by atoms with E-state index in [1.807, 2.05) is 51.2 Å². The lowest BCUT2D eigenvalue weighted by atomic mass is 10.0. The Bertz CT molecular complexity index is 964. The van der Waals surface area contributed by atoms with Gasteiger partial charge in [0.05, 0.1) is 0 Å². The Morgan fingerprint density at radius 1 is 0.974 bits per heavy atom. The Labute approximate surface area is 240 Å². The molecule has 1 heterocycles. The number of urea groups is 1. The second-order valence-corrected chi connectivity index (χ2v) is 12.9. The Morgan fingerprint density at radius 3 is 2.05 bits per heavy atom. The lowest BCUT2D eigenvalue weighted by Crippen LogP contribution is -2.62. The zero-order chi connectivity index (χ0) is 29.6. The summed E-state index contributed by atoms with van der Waals surface area (Å²) in [7, 11) is 2.01. The Kier molecular flexibility index (Phi) is 15.2. The van der Waals surface area contributed by atoms with Gasteiger partial charge < -0.3 is 25.1 Å². The minimum absolute atomic E-state index is 0.00414. The molecule has 0 radical (unpaired) electrons. The second kappa shape index (κ2) is 17.2. The van der Waals surface area contributed by atoms with Crippen molar-refractivity contribution in [2.24, 2.45) is 0 Å². The molecule has 39 heavy (non-hydrogen) atoms. The van der Waals surface area contributed by atoms with Crippen molar-refractivity contribution in [2.45, 2.75) is 51.8 Å². The second-order valence-electron chi connectivity index (χ2n) is 9.79. The molecule has 3 amide bonds. The van der Waals surface area contributed by atoms with Crippen molar-refractivity contribution in [3.8, 4) is 0 Å². The van der Waals surface area contributed by atoms with Crippen LogP contribution in [0, 0.1) is 0 Å². The number of thioether (sulfide) groups is 2. The van der Waals surface area contributed by atoms with E-state index in [2.05, 4.69) is 10.2 Å². The quantitative estimate of drug-likeness (QED) is 0.428. The number of nitrogens with zero attached hydrogens (tertiary/aromatic N) is 3. The van der Waals surface area contributed by atoms with E-state index in [0.29, 0.717) is 38.4 Å². The number of carbonyl (C=O) groups is 5. The van der Waals surface area contributed by atoms with Gasteiger partial charge >= 0.3 is 6.03 Å². The Balaban J connectivity index is 0.00000177. The van der Waals surface area contributed by atoms with Gasteiger partial charge in [-0.25, -0.2) is 4.79 Å². The van der Waals surface area contributed by atoms with Crippen molar-refractivity contribution >= 4 is 51.7 Å². The molecule has 2 N–H and O–H groups in total. The zero-order valence-corrected chi connectivity index (χ0v) is 25.4. The first-order chi connectivity index (χ1) is 18.2. The lowest BCUT2D eigenvalue weighted by Gasteiger charge is -2.40. The summed E-state index contributed by atoms with van der Waals surface area (Å²) in [6.07, 6.45) is 0.654. The highest BCUT2D eigenvalue weighted by molar-refractivity contribution is 8.14. The van der Waals surface area contributed by atoms with Crippen LogP contribution >= 0.6 is 23.5 Å². The maximum Gasteiger partial charge on any atom is 0.318 e. The van der Waals surface area contributed by atoms with Crippen LogP contribution in [-0.4, -0.2) is 111 Å². The molecule has 0 aromatic heterocycles. The fourth-order valence-electron chi connectivity index (χ4n) is 3.91. The number of benzene rings is 1. The molecule has 12 heteroatoms. The zero-order valence-electron chi connectivity index (χ0n) is 23.8. The van der Waals surface area contributed by atoms with Gasteiger partial charge in [-0.1, -0.05) is 53.9 Å². The standard InChI is InChI=1S/C25H38N4O4S2.C2H4O2/c1-19(30)34-18-17-29(12-11-21-9-7-6-8-10-21)24(33)26-22(25(3,4)35-20(2)31)23(32)28-15-13-27(5)14-16-28;1-2(3)4/h6-10,22H,11-18H2,1-5H3,(H,26,33);1H3,(H,3,4). The summed E-state index contributed by atoms with van der Waals surface area (Å²) in [5.41, 5.74) is 1.10. The van der Waals surface area contributed by atoms with E-state index >= 15 is 0 Å². The van der Waals surface area contributed by atoms with Gasteiger partial charge in [0, 0.05) is 70.5 Å². The van der Waals surface area contributed by atoms with Crippen LogP contribution in [0.15, 0.2) is 30.3 Å². The van der Waals surface area contributed by atoms with Crippen molar-refractivity contribution in [1.29, 1.82) is 0 Å². The van der Waals surface area contributed by atoms with Gasteiger partial charge in [0.1, 0.15) is 6.04 Å². The molecule has 1 aliphatic rings. The van der Waals surface area contributed by atoms with Crippen molar-refractivity contribution in [1.82, 2.24) is 20.0 Å². The summed E-state index contributed by atoms with van der Waals surface area (Å²) < 4.78 is -0.832. The van der Waals surface area contributed by atoms with Crippen molar-refractivity contribution in [3.05, 3.63) is 35.9 Å². The van der Waals surface area contributed by atoms with Crippen molar-refractivity contribution in [3.63, 3.8) is 0 Å². The summed E-state index contributed by atoms with van der Waals surface area (Å²) in [4.78, 5) is 65.0. The van der Waals surface area contributed by atoms with E-state index in [-0.39, 0.29) is 22.2 Å². The molecule has 10 nitrogen and oxygen atoms in total. The first-order valence-corrected chi connectivity index (χ1v) is 14.6. The molecule has 0 aliphatic carbocycles. The summed E-state index contributed by atoms with van der Waals surface area (Å²) in [6.45, 7) is 11.2. The third-order valence-electron chi connectivity index (χ3n) is 5.90. The molecule has 2 rings (SSSR count). The number of carbonyl (C=O) groups excluding carboxylic acids is 4. The van der Waals surface area contributed by atoms with Gasteiger partial charge in [0.15, 0.2) is 10.2 Å². The summed E-state index contributed by atoms with van der Waals surface area (Å²) in [5.74, 6) is -0.536. The van der Waals surface area contributed by atoms with Crippen LogP contribution in [0.3, 0.4) is 0 Å². The number of likely N-dealkylation sites (N-methyl/N-ethyl adjacent to an activating group) is 1. The third kappa shape index (κ3) is 13.9. The fraction of sp³-hybridized carbons (Fsp3) is 0.593. The topological polar surface area (TPSA) is 127 Å². The number of rotatable bonds is 10. The molecule has 1 aromatic rings. The smallest absolute Gasteiger partial charge is 0.318 e. The van der Waals surface area contributed by atoms with Crippen molar-refractivity contribution < 1.29 is 29.1 Å². The number of carboxylic acid groups (broad SMARTS) is 1. The molecular weight excluding hydrogens is 540 g/mol. The summed E-state index contributed by atoms with van der Waals surface area (Å²) in [6, 6.07) is 8.64. The molecule has 0 bridgehead atoms. The fourth-order valence-corrected chi connectivity index (χ4v) is 5.53. The molecular formula is C27H42N4O6S2. The van der Waals surface area contributed by atoms with Gasteiger partial charge in [0.2, 0.25) is 5.91 Å². The highest BCUT2D eigenvalue weighted by Crippen LogP contribution is 2.30. The minimum Gasteiger partial charge on any atom is -0.481 e. The number of hydrogen-bond acceptors (Lipinski definition) is 8. The van der Waals surface area contributed by atoms with E-state index in [1.165, 1.54) is 25.6 Å². The largest absolute Gasteiger partial charge is 0.481 e. The van der Waals surface area contributed by atoms with Crippen LogP contribution in [0.25, 0.3) is 0 Å². The van der Waals surface area contributed by atoms with Crippen molar-refractivity contribution in [2.75, 3.05) is 52.1 Å². The van der Waals surface area contributed by atoms with Gasteiger partial charge in [-0.2, -0.15) is 0 Å². The molecule has 1 aromatic carbocycles. The number of nitrogens with one attached hydrogen (secondary N) is 1. The Hall–Kier alpha value is -2.57. The van der Waals surface area contributed by atoms with Crippen LogP contribution < -0.4 is 5.32 Å². The molecule has 1 aliphatic heterocycles. The highest BCUT2D eigenvalue weighted by atomic mass is 32.2. The van der Waals surface area contributed by atoms with Gasteiger partial charge in [-0.05, 0) is 32.9 Å². The molecule has 1 fully saturated rings. The van der Waals surface area contributed by atoms with Crippen LogP contribution in [0.1, 0.15) is 40.2 Å². The lowest BCUT2D eigenvalue weighted by molar-refractivity contribution is -0.136. The molecule has 0 spiro atoms. The van der Waals surface area contributed by atoms with Crippen LogP contribution in [0.4, 0.5) is 4.79 Å². The molecule has 1 atom stereocenters. The highest BCUT2D eigenvalue weighted by Gasteiger charge is 2.41. The van der Waals surface area contributed by atoms with Crippen LogP contribution in [0.2, 0.25) is 0 Å². The monoisotopic (exact) mass is 582 g/mol. The number of piperazine rings is 1. The van der Waals surface area contributed by atoms with E-state index < -0.39 is 16.8 Å². The maximum atomic E-state index is 13.6. The van der Waals surface area contributed by atoms with E-state index in [9.17, 15) is 19.2 Å². The minimum atomic E-state index is -0.869. The number of aliphatic carboxylic acids is 1. The number of carboxylic acids is 1. The first-order valence-electron chi connectivity index (χ1n) is 12.8. The molecule has 1 saturated heterocycles. The molecule has 0 saturated carbocycles. The summed E-state index contributed by atoms with van der Waals surface area (Å²) >= 11 is 2.24.